The van der Waals surface area contributed by atoms with Crippen molar-refractivity contribution < 1.29 is 27.8 Å². The Balaban J connectivity index is 1.95. The molecule has 0 unspecified atom stereocenters. The number of aliphatic hydroxyl groups is 1. The zero-order valence-corrected chi connectivity index (χ0v) is 19.4. The predicted octanol–water partition coefficient (Wildman–Crippen LogP) is 4.25. The number of rotatable bonds is 10. The van der Waals surface area contributed by atoms with Gasteiger partial charge in [0, 0.05) is 30.2 Å². The molecule has 0 saturated carbocycles. The van der Waals surface area contributed by atoms with Gasteiger partial charge in [-0.1, -0.05) is 17.8 Å². The highest BCUT2D eigenvalue weighted by atomic mass is 32.2. The zero-order valence-electron chi connectivity index (χ0n) is 18.6. The number of benzene rings is 1. The minimum absolute atomic E-state index is 0.0108. The molecule has 3 rings (SSSR count). The number of hydrogen-bond donors (Lipinski definition) is 1. The van der Waals surface area contributed by atoms with Gasteiger partial charge in [-0.15, -0.1) is 0 Å². The highest BCUT2D eigenvalue weighted by Crippen LogP contribution is 2.32. The standard InChI is InChI=1S/C23H24F3N3O4S/c1-32-18-7-5-15(11-19(18)33-2)13-29-14-16(6-8-21(29)31)17-12-20(23(24,25)26)28-22(27-17)34-10-4-3-9-30/h5-8,11-12,14,30H,3-4,9-10,13H2,1-2H3. The van der Waals surface area contributed by atoms with Crippen LogP contribution in [-0.4, -0.2) is 46.2 Å². The fraction of sp³-hybridized carbons (Fsp3) is 0.348. The molecule has 3 aromatic rings. The largest absolute Gasteiger partial charge is 0.493 e. The van der Waals surface area contributed by atoms with Gasteiger partial charge >= 0.3 is 6.18 Å². The molecule has 1 aromatic carbocycles. The van der Waals surface area contributed by atoms with Gasteiger partial charge in [0.2, 0.25) is 0 Å². The minimum Gasteiger partial charge on any atom is -0.493 e. The van der Waals surface area contributed by atoms with Crippen LogP contribution in [0.2, 0.25) is 0 Å². The molecule has 0 amide bonds. The van der Waals surface area contributed by atoms with Crippen LogP contribution in [-0.2, 0) is 12.7 Å². The number of aromatic nitrogens is 3. The smallest absolute Gasteiger partial charge is 0.433 e. The third-order valence-corrected chi connectivity index (χ3v) is 5.79. The van der Waals surface area contributed by atoms with Crippen LogP contribution >= 0.6 is 11.8 Å². The molecule has 182 valence electrons. The first kappa shape index (κ1) is 25.6. The third kappa shape index (κ3) is 6.51. The molecule has 0 radical (unpaired) electrons. The number of ether oxygens (including phenoxy) is 2. The van der Waals surface area contributed by atoms with Crippen molar-refractivity contribution in [3.05, 3.63) is 64.2 Å². The zero-order chi connectivity index (χ0) is 24.7. The van der Waals surface area contributed by atoms with E-state index in [0.29, 0.717) is 35.7 Å². The summed E-state index contributed by atoms with van der Waals surface area (Å²) >= 11 is 1.09. The van der Waals surface area contributed by atoms with Gasteiger partial charge in [-0.05, 0) is 42.7 Å². The van der Waals surface area contributed by atoms with Crippen molar-refractivity contribution in [3.8, 4) is 22.8 Å². The van der Waals surface area contributed by atoms with Gasteiger partial charge in [0.1, 0.15) is 5.69 Å². The van der Waals surface area contributed by atoms with E-state index in [1.165, 1.54) is 37.1 Å². The van der Waals surface area contributed by atoms with E-state index in [0.717, 1.165) is 23.4 Å². The number of methoxy groups -OCH3 is 2. The first-order valence-corrected chi connectivity index (χ1v) is 11.4. The van der Waals surface area contributed by atoms with Crippen molar-refractivity contribution in [2.75, 3.05) is 26.6 Å². The lowest BCUT2D eigenvalue weighted by atomic mass is 10.1. The first-order valence-electron chi connectivity index (χ1n) is 10.4. The highest BCUT2D eigenvalue weighted by molar-refractivity contribution is 7.99. The molecular formula is C23H24F3N3O4S. The Morgan fingerprint density at radius 1 is 1.03 bits per heavy atom. The van der Waals surface area contributed by atoms with E-state index in [1.54, 1.807) is 18.2 Å². The Labute approximate surface area is 198 Å². The summed E-state index contributed by atoms with van der Waals surface area (Å²) in [5.74, 6) is 1.51. The van der Waals surface area contributed by atoms with Crippen LogP contribution in [0.3, 0.4) is 0 Å². The van der Waals surface area contributed by atoms with Gasteiger partial charge in [0.05, 0.1) is 26.5 Å². The Morgan fingerprint density at radius 2 is 1.79 bits per heavy atom. The van der Waals surface area contributed by atoms with E-state index >= 15 is 0 Å². The van der Waals surface area contributed by atoms with Crippen molar-refractivity contribution in [1.82, 2.24) is 14.5 Å². The normalized spacial score (nSPS) is 11.5. The summed E-state index contributed by atoms with van der Waals surface area (Å²) in [7, 11) is 3.02. The summed E-state index contributed by atoms with van der Waals surface area (Å²) in [6.45, 7) is 0.184. The molecule has 0 aliphatic carbocycles. The molecule has 0 aliphatic heterocycles. The Morgan fingerprint density at radius 3 is 2.47 bits per heavy atom. The van der Waals surface area contributed by atoms with Crippen molar-refractivity contribution in [1.29, 1.82) is 0 Å². The van der Waals surface area contributed by atoms with Crippen LogP contribution in [0.4, 0.5) is 13.2 Å². The molecule has 0 bridgehead atoms. The first-order chi connectivity index (χ1) is 16.2. The maximum atomic E-state index is 13.5. The number of unbranched alkanes of at least 4 members (excludes halogenated alkanes) is 1. The van der Waals surface area contributed by atoms with Gasteiger partial charge in [-0.2, -0.15) is 13.2 Å². The summed E-state index contributed by atoms with van der Waals surface area (Å²) in [5.41, 5.74) is -0.212. The van der Waals surface area contributed by atoms with Crippen LogP contribution in [0.25, 0.3) is 11.3 Å². The summed E-state index contributed by atoms with van der Waals surface area (Å²) in [5, 5.41) is 8.87. The topological polar surface area (TPSA) is 86.5 Å². The molecule has 7 nitrogen and oxygen atoms in total. The highest BCUT2D eigenvalue weighted by Gasteiger charge is 2.34. The van der Waals surface area contributed by atoms with Crippen LogP contribution in [0.15, 0.2) is 52.5 Å². The van der Waals surface area contributed by atoms with Gasteiger partial charge in [-0.25, -0.2) is 9.97 Å². The van der Waals surface area contributed by atoms with Gasteiger partial charge in [0.15, 0.2) is 16.7 Å². The lowest BCUT2D eigenvalue weighted by molar-refractivity contribution is -0.141. The summed E-state index contributed by atoms with van der Waals surface area (Å²) < 4.78 is 52.3. The number of thioether (sulfide) groups is 1. The molecule has 34 heavy (non-hydrogen) atoms. The monoisotopic (exact) mass is 495 g/mol. The van der Waals surface area contributed by atoms with Gasteiger partial charge < -0.3 is 19.1 Å². The SMILES string of the molecule is COc1ccc(Cn2cc(-c3cc(C(F)(F)F)nc(SCCCCO)n3)ccc2=O)cc1OC. The molecule has 0 spiro atoms. The Bertz CT molecular complexity index is 1180. The van der Waals surface area contributed by atoms with E-state index in [-0.39, 0.29) is 29.6 Å². The lowest BCUT2D eigenvalue weighted by Crippen LogP contribution is -2.19. The van der Waals surface area contributed by atoms with E-state index < -0.39 is 11.9 Å². The summed E-state index contributed by atoms with van der Waals surface area (Å²) in [4.78, 5) is 20.4. The molecular weight excluding hydrogens is 471 g/mol. The van der Waals surface area contributed by atoms with Crippen LogP contribution in [0.5, 0.6) is 11.5 Å². The average Bonchev–Trinajstić information content (AvgIpc) is 2.82. The molecule has 0 aliphatic rings. The van der Waals surface area contributed by atoms with Crippen LogP contribution < -0.4 is 15.0 Å². The number of aliphatic hydroxyl groups excluding tert-OH is 1. The molecule has 1 N–H and O–H groups in total. The molecule has 2 aromatic heterocycles. The second kappa shape index (κ2) is 11.4. The van der Waals surface area contributed by atoms with E-state index in [9.17, 15) is 18.0 Å². The molecule has 2 heterocycles. The summed E-state index contributed by atoms with van der Waals surface area (Å²) in [6.07, 6.45) is -2.01. The van der Waals surface area contributed by atoms with Crippen molar-refractivity contribution in [3.63, 3.8) is 0 Å². The van der Waals surface area contributed by atoms with Crippen molar-refractivity contribution >= 4 is 11.8 Å². The summed E-state index contributed by atoms with van der Waals surface area (Å²) in [6, 6.07) is 8.82. The van der Waals surface area contributed by atoms with Crippen molar-refractivity contribution in [2.24, 2.45) is 0 Å². The molecule has 0 atom stereocenters. The molecule has 0 fully saturated rings. The molecule has 0 saturated heterocycles. The predicted molar refractivity (Wildman–Crippen MR) is 122 cm³/mol. The number of hydrogen-bond acceptors (Lipinski definition) is 7. The van der Waals surface area contributed by atoms with Crippen LogP contribution in [0.1, 0.15) is 24.1 Å². The second-order valence-electron chi connectivity index (χ2n) is 7.27. The van der Waals surface area contributed by atoms with Gasteiger partial charge in [-0.3, -0.25) is 4.79 Å². The van der Waals surface area contributed by atoms with Crippen LogP contribution in [0, 0.1) is 0 Å². The quantitative estimate of drug-likeness (QED) is 0.256. The number of nitrogens with zero attached hydrogens (tertiary/aromatic N) is 3. The third-order valence-electron chi connectivity index (χ3n) is 4.86. The van der Waals surface area contributed by atoms with Crippen molar-refractivity contribution in [2.45, 2.75) is 30.7 Å². The Hall–Kier alpha value is -3.05. The van der Waals surface area contributed by atoms with E-state index in [1.807, 2.05) is 0 Å². The van der Waals surface area contributed by atoms with E-state index in [4.69, 9.17) is 14.6 Å². The maximum absolute atomic E-state index is 13.5. The maximum Gasteiger partial charge on any atom is 0.433 e. The number of alkyl halides is 3. The molecule has 11 heteroatoms. The Kier molecular flexibility index (Phi) is 8.56. The minimum atomic E-state index is -4.65. The number of halogens is 3. The lowest BCUT2D eigenvalue weighted by Gasteiger charge is -2.13. The van der Waals surface area contributed by atoms with Gasteiger partial charge in [0.25, 0.3) is 5.56 Å². The fourth-order valence-electron chi connectivity index (χ4n) is 3.14. The average molecular weight is 496 g/mol. The number of pyridine rings is 1. The second-order valence-corrected chi connectivity index (χ2v) is 8.33. The fourth-order valence-corrected chi connectivity index (χ4v) is 4.00. The van der Waals surface area contributed by atoms with E-state index in [2.05, 4.69) is 9.97 Å².